The fraction of sp³-hybridized carbons (Fsp3) is 0.667. The van der Waals surface area contributed by atoms with Gasteiger partial charge in [-0.25, -0.2) is 0 Å². The lowest BCUT2D eigenvalue weighted by Gasteiger charge is -2.39. The van der Waals surface area contributed by atoms with Crippen LogP contribution in [0.4, 0.5) is 0 Å². The number of likely N-dealkylation sites (N-methyl/N-ethyl adjacent to an activating group) is 1. The van der Waals surface area contributed by atoms with E-state index in [-0.39, 0.29) is 11.4 Å². The maximum absolute atomic E-state index is 11.4. The fourth-order valence-electron chi connectivity index (χ4n) is 1.34. The lowest BCUT2D eigenvalue weighted by atomic mass is 9.93. The molecule has 0 unspecified atom stereocenters. The van der Waals surface area contributed by atoms with Gasteiger partial charge in [0.1, 0.15) is 0 Å². The van der Waals surface area contributed by atoms with E-state index in [1.165, 1.54) is 0 Å². The van der Waals surface area contributed by atoms with Crippen molar-refractivity contribution in [2.24, 2.45) is 0 Å². The molecule has 1 aliphatic rings. The van der Waals surface area contributed by atoms with Gasteiger partial charge in [0.25, 0.3) is 0 Å². The first-order valence-electron chi connectivity index (χ1n) is 4.13. The predicted molar refractivity (Wildman–Crippen MR) is 48.6 cm³/mol. The summed E-state index contributed by atoms with van der Waals surface area (Å²) in [5, 5.41) is 3.02. The Bertz CT molecular complexity index is 231. The maximum atomic E-state index is 11.4. The lowest BCUT2D eigenvalue weighted by molar-refractivity contribution is -0.130. The van der Waals surface area contributed by atoms with Crippen LogP contribution in [0.15, 0.2) is 11.8 Å². The van der Waals surface area contributed by atoms with E-state index in [1.807, 2.05) is 14.1 Å². The number of carbonyl (C=O) groups excluding carboxylic acids is 1. The number of nitrogens with one attached hydrogen (secondary N) is 1. The minimum Gasteiger partial charge on any atom is -0.391 e. The zero-order chi connectivity index (χ0) is 9.35. The van der Waals surface area contributed by atoms with Gasteiger partial charge in [0, 0.05) is 37.8 Å². The summed E-state index contributed by atoms with van der Waals surface area (Å²) in [6.45, 7) is 4.13. The molecule has 0 spiro atoms. The first-order valence-corrected chi connectivity index (χ1v) is 4.13. The van der Waals surface area contributed by atoms with Gasteiger partial charge in [-0.05, 0) is 13.8 Å². The Morgan fingerprint density at radius 1 is 1.58 bits per heavy atom. The van der Waals surface area contributed by atoms with Crippen LogP contribution in [0.5, 0.6) is 0 Å². The van der Waals surface area contributed by atoms with E-state index < -0.39 is 0 Å². The third kappa shape index (κ3) is 1.44. The van der Waals surface area contributed by atoms with E-state index in [0.717, 1.165) is 12.1 Å². The molecule has 0 aromatic heterocycles. The maximum Gasteiger partial charge on any atom is 0.248 e. The Morgan fingerprint density at radius 3 is 2.58 bits per heavy atom. The summed E-state index contributed by atoms with van der Waals surface area (Å²) in [6.07, 6.45) is 2.55. The molecule has 3 nitrogen and oxygen atoms in total. The van der Waals surface area contributed by atoms with Crippen LogP contribution in [0.1, 0.15) is 20.3 Å². The molecular weight excluding hydrogens is 152 g/mol. The second kappa shape index (κ2) is 2.81. The summed E-state index contributed by atoms with van der Waals surface area (Å²) >= 11 is 0. The van der Waals surface area contributed by atoms with Crippen molar-refractivity contribution in [3.63, 3.8) is 0 Å². The molecule has 3 heteroatoms. The number of hydrogen-bond donors (Lipinski definition) is 1. The van der Waals surface area contributed by atoms with Gasteiger partial charge in [0.2, 0.25) is 5.91 Å². The molecule has 1 heterocycles. The lowest BCUT2D eigenvalue weighted by Crippen LogP contribution is -2.48. The zero-order valence-electron chi connectivity index (χ0n) is 8.14. The highest BCUT2D eigenvalue weighted by Gasteiger charge is 2.31. The highest BCUT2D eigenvalue weighted by molar-refractivity contribution is 5.89. The van der Waals surface area contributed by atoms with Crippen LogP contribution in [0.25, 0.3) is 0 Å². The molecule has 0 saturated heterocycles. The summed E-state index contributed by atoms with van der Waals surface area (Å²) in [5.74, 6) is 0.0793. The molecule has 0 atom stereocenters. The Balaban J connectivity index is 2.91. The average Bonchev–Trinajstić information content (AvgIpc) is 1.99. The van der Waals surface area contributed by atoms with Crippen LogP contribution < -0.4 is 5.32 Å². The van der Waals surface area contributed by atoms with Crippen LogP contribution in [-0.4, -0.2) is 30.4 Å². The third-order valence-corrected chi connectivity index (χ3v) is 2.48. The van der Waals surface area contributed by atoms with Crippen LogP contribution in [0.2, 0.25) is 0 Å². The second-order valence-corrected chi connectivity index (χ2v) is 3.81. The molecule has 68 valence electrons. The van der Waals surface area contributed by atoms with Crippen molar-refractivity contribution in [3.05, 3.63) is 11.8 Å². The van der Waals surface area contributed by atoms with Crippen molar-refractivity contribution >= 4 is 5.91 Å². The second-order valence-electron chi connectivity index (χ2n) is 3.81. The average molecular weight is 168 g/mol. The molecule has 1 rings (SSSR count). The van der Waals surface area contributed by atoms with Gasteiger partial charge < -0.3 is 10.2 Å². The fourth-order valence-corrected chi connectivity index (χ4v) is 1.34. The Labute approximate surface area is 73.4 Å². The van der Waals surface area contributed by atoms with E-state index in [1.54, 1.807) is 11.0 Å². The topological polar surface area (TPSA) is 32.3 Å². The molecule has 0 aliphatic carbocycles. The third-order valence-electron chi connectivity index (χ3n) is 2.48. The smallest absolute Gasteiger partial charge is 0.248 e. The summed E-state index contributed by atoms with van der Waals surface area (Å²) in [5.41, 5.74) is 0.951. The molecule has 12 heavy (non-hydrogen) atoms. The van der Waals surface area contributed by atoms with Gasteiger partial charge in [0.05, 0.1) is 0 Å². The van der Waals surface area contributed by atoms with Gasteiger partial charge in [-0.1, -0.05) is 0 Å². The van der Waals surface area contributed by atoms with E-state index >= 15 is 0 Å². The summed E-state index contributed by atoms with van der Waals surface area (Å²) < 4.78 is 0. The number of carbonyl (C=O) groups is 1. The largest absolute Gasteiger partial charge is 0.391 e. The summed E-state index contributed by atoms with van der Waals surface area (Å²) in [4.78, 5) is 13.2. The quantitative estimate of drug-likeness (QED) is 0.626. The van der Waals surface area contributed by atoms with E-state index in [9.17, 15) is 4.79 Å². The van der Waals surface area contributed by atoms with Crippen molar-refractivity contribution in [1.82, 2.24) is 10.2 Å². The number of nitrogens with zero attached hydrogens (tertiary/aromatic N) is 1. The van der Waals surface area contributed by atoms with Gasteiger partial charge in [-0.3, -0.25) is 4.79 Å². The van der Waals surface area contributed by atoms with Crippen molar-refractivity contribution in [2.75, 3.05) is 14.1 Å². The highest BCUT2D eigenvalue weighted by atomic mass is 16.2. The van der Waals surface area contributed by atoms with Crippen LogP contribution in [0, 0.1) is 0 Å². The molecule has 1 N–H and O–H groups in total. The number of hydrogen-bond acceptors (Lipinski definition) is 2. The van der Waals surface area contributed by atoms with Gasteiger partial charge >= 0.3 is 0 Å². The normalized spacial score (nSPS) is 22.2. The van der Waals surface area contributed by atoms with E-state index in [0.29, 0.717) is 0 Å². The van der Waals surface area contributed by atoms with Crippen LogP contribution >= 0.6 is 0 Å². The van der Waals surface area contributed by atoms with E-state index in [4.69, 9.17) is 0 Å². The molecule has 1 amide bonds. The van der Waals surface area contributed by atoms with Crippen molar-refractivity contribution < 1.29 is 4.79 Å². The predicted octanol–water partition coefficient (Wildman–Crippen LogP) is 0.730. The standard InChI is InChI=1S/C9H16N2O/c1-9(2)6-7(10-3)5-8(12)11(9)4/h5,10H,6H2,1-4H3. The Morgan fingerprint density at radius 2 is 2.17 bits per heavy atom. The first kappa shape index (κ1) is 9.10. The molecule has 0 aromatic rings. The van der Waals surface area contributed by atoms with E-state index in [2.05, 4.69) is 19.2 Å². The van der Waals surface area contributed by atoms with Crippen LogP contribution in [0.3, 0.4) is 0 Å². The van der Waals surface area contributed by atoms with Gasteiger partial charge in [-0.15, -0.1) is 0 Å². The van der Waals surface area contributed by atoms with Gasteiger partial charge in [-0.2, -0.15) is 0 Å². The minimum atomic E-state index is -0.0653. The molecule has 0 fully saturated rings. The molecule has 0 radical (unpaired) electrons. The summed E-state index contributed by atoms with van der Waals surface area (Å²) in [6, 6.07) is 0. The first-order chi connectivity index (χ1) is 5.47. The summed E-state index contributed by atoms with van der Waals surface area (Å²) in [7, 11) is 3.69. The molecular formula is C9H16N2O. The number of rotatable bonds is 1. The minimum absolute atomic E-state index is 0.0653. The number of amides is 1. The Hall–Kier alpha value is -0.990. The monoisotopic (exact) mass is 168 g/mol. The zero-order valence-corrected chi connectivity index (χ0v) is 8.14. The Kier molecular flexibility index (Phi) is 2.13. The highest BCUT2D eigenvalue weighted by Crippen LogP contribution is 2.25. The van der Waals surface area contributed by atoms with Crippen LogP contribution in [-0.2, 0) is 4.79 Å². The molecule has 0 saturated carbocycles. The van der Waals surface area contributed by atoms with Gasteiger partial charge in [0.15, 0.2) is 0 Å². The molecule has 0 aromatic carbocycles. The van der Waals surface area contributed by atoms with Crippen molar-refractivity contribution in [3.8, 4) is 0 Å². The molecule has 1 aliphatic heterocycles. The molecule has 0 bridgehead atoms. The van der Waals surface area contributed by atoms with Crippen molar-refractivity contribution in [2.45, 2.75) is 25.8 Å². The van der Waals surface area contributed by atoms with Crippen molar-refractivity contribution in [1.29, 1.82) is 0 Å². The SMILES string of the molecule is CNC1=CC(=O)N(C)C(C)(C)C1.